The normalized spacial score (nSPS) is 10.9. The molecule has 6 nitrogen and oxygen atoms in total. The zero-order valence-corrected chi connectivity index (χ0v) is 18.6. The van der Waals surface area contributed by atoms with Crippen LogP contribution in [0.15, 0.2) is 54.7 Å². The first kappa shape index (κ1) is 21.0. The average Bonchev–Trinajstić information content (AvgIpc) is 3.14. The highest BCUT2D eigenvalue weighted by Crippen LogP contribution is 2.34. The van der Waals surface area contributed by atoms with Crippen molar-refractivity contribution in [3.63, 3.8) is 0 Å². The Balaban J connectivity index is 1.84. The fraction of sp³-hybridized carbons (Fsp3) is 0.130. The van der Waals surface area contributed by atoms with Crippen LogP contribution in [0.5, 0.6) is 11.5 Å². The number of imidazole rings is 1. The van der Waals surface area contributed by atoms with Gasteiger partial charge in [-0.25, -0.2) is 4.98 Å². The molecule has 8 heteroatoms. The van der Waals surface area contributed by atoms with Crippen LogP contribution in [0.4, 0.5) is 5.82 Å². The van der Waals surface area contributed by atoms with Crippen LogP contribution in [0.3, 0.4) is 0 Å². The third kappa shape index (κ3) is 4.04. The number of rotatable bonds is 5. The van der Waals surface area contributed by atoms with E-state index in [1.165, 1.54) is 14.2 Å². The molecule has 0 fully saturated rings. The van der Waals surface area contributed by atoms with Crippen LogP contribution >= 0.6 is 23.2 Å². The van der Waals surface area contributed by atoms with Crippen molar-refractivity contribution >= 4 is 40.6 Å². The Kier molecular flexibility index (Phi) is 5.76. The molecule has 0 bridgehead atoms. The molecule has 1 N–H and O–H groups in total. The highest BCUT2D eigenvalue weighted by Gasteiger charge is 2.20. The zero-order chi connectivity index (χ0) is 22.1. The van der Waals surface area contributed by atoms with Crippen LogP contribution in [0.25, 0.3) is 16.9 Å². The number of benzene rings is 2. The Hall–Kier alpha value is -3.22. The average molecular weight is 456 g/mol. The summed E-state index contributed by atoms with van der Waals surface area (Å²) in [6.07, 6.45) is 1.85. The lowest BCUT2D eigenvalue weighted by Crippen LogP contribution is -2.14. The predicted octanol–water partition coefficient (Wildman–Crippen LogP) is 5.89. The third-order valence-electron chi connectivity index (χ3n) is 4.88. The number of pyridine rings is 1. The number of halogens is 2. The van der Waals surface area contributed by atoms with E-state index in [-0.39, 0.29) is 5.91 Å². The van der Waals surface area contributed by atoms with Crippen molar-refractivity contribution in [3.8, 4) is 22.8 Å². The number of anilines is 1. The van der Waals surface area contributed by atoms with Crippen LogP contribution in [-0.4, -0.2) is 29.5 Å². The monoisotopic (exact) mass is 455 g/mol. The van der Waals surface area contributed by atoms with E-state index in [0.29, 0.717) is 38.6 Å². The number of aromatic nitrogens is 2. The molecule has 0 saturated heterocycles. The van der Waals surface area contributed by atoms with Gasteiger partial charge in [-0.15, -0.1) is 0 Å². The summed E-state index contributed by atoms with van der Waals surface area (Å²) in [5, 5.41) is 3.84. The number of carbonyl (C=O) groups is 1. The van der Waals surface area contributed by atoms with Crippen molar-refractivity contribution in [2.24, 2.45) is 0 Å². The van der Waals surface area contributed by atoms with Gasteiger partial charge in [-0.1, -0.05) is 35.3 Å². The molecular weight excluding hydrogens is 437 g/mol. The van der Waals surface area contributed by atoms with Crippen LogP contribution in [0, 0.1) is 6.92 Å². The molecule has 4 aromatic rings. The summed E-state index contributed by atoms with van der Waals surface area (Å²) in [6, 6.07) is 14.1. The van der Waals surface area contributed by atoms with Crippen molar-refractivity contribution in [1.82, 2.24) is 9.38 Å². The number of ether oxygens (including phenoxy) is 2. The first-order valence-corrected chi connectivity index (χ1v) is 10.1. The Morgan fingerprint density at radius 1 is 1.00 bits per heavy atom. The van der Waals surface area contributed by atoms with Crippen LogP contribution < -0.4 is 14.8 Å². The second kappa shape index (κ2) is 8.49. The molecule has 1 amide bonds. The molecule has 158 valence electrons. The first-order chi connectivity index (χ1) is 14.9. The second-order valence-corrected chi connectivity index (χ2v) is 7.69. The molecule has 0 atom stereocenters. The molecule has 0 aliphatic rings. The summed E-state index contributed by atoms with van der Waals surface area (Å²) in [5.41, 5.74) is 3.39. The molecule has 0 aliphatic carbocycles. The first-order valence-electron chi connectivity index (χ1n) is 9.38. The zero-order valence-electron chi connectivity index (χ0n) is 17.1. The summed E-state index contributed by atoms with van der Waals surface area (Å²) >= 11 is 12.3. The van der Waals surface area contributed by atoms with Gasteiger partial charge in [0, 0.05) is 23.4 Å². The van der Waals surface area contributed by atoms with Crippen molar-refractivity contribution in [2.75, 3.05) is 19.5 Å². The Labute approximate surface area is 189 Å². The fourth-order valence-electron chi connectivity index (χ4n) is 3.29. The molecule has 0 saturated carbocycles. The van der Waals surface area contributed by atoms with E-state index in [2.05, 4.69) is 5.32 Å². The quantitative estimate of drug-likeness (QED) is 0.407. The van der Waals surface area contributed by atoms with Gasteiger partial charge in [0.05, 0.1) is 24.3 Å². The highest BCUT2D eigenvalue weighted by molar-refractivity contribution is 6.42. The Morgan fingerprint density at radius 3 is 2.35 bits per heavy atom. The largest absolute Gasteiger partial charge is 0.497 e. The number of nitrogens with one attached hydrogen (secondary N) is 1. The van der Waals surface area contributed by atoms with Gasteiger partial charge in [-0.05, 0) is 42.8 Å². The van der Waals surface area contributed by atoms with Crippen LogP contribution in [0.1, 0.15) is 15.9 Å². The van der Waals surface area contributed by atoms with E-state index in [9.17, 15) is 4.79 Å². The molecular formula is C23H19Cl2N3O3. The molecule has 0 aliphatic heterocycles. The van der Waals surface area contributed by atoms with Gasteiger partial charge in [-0.2, -0.15) is 0 Å². The maximum Gasteiger partial charge on any atom is 0.257 e. The molecule has 0 unspecified atom stereocenters. The van der Waals surface area contributed by atoms with Gasteiger partial charge < -0.3 is 14.8 Å². The lowest BCUT2D eigenvalue weighted by atomic mass is 10.1. The smallest absolute Gasteiger partial charge is 0.257 e. The van der Waals surface area contributed by atoms with E-state index in [1.807, 2.05) is 35.7 Å². The third-order valence-corrected chi connectivity index (χ3v) is 5.62. The van der Waals surface area contributed by atoms with Crippen LogP contribution in [-0.2, 0) is 0 Å². The second-order valence-electron chi connectivity index (χ2n) is 6.88. The molecule has 2 aromatic heterocycles. The van der Waals surface area contributed by atoms with Crippen LogP contribution in [0.2, 0.25) is 10.0 Å². The van der Waals surface area contributed by atoms with Crippen molar-refractivity contribution in [3.05, 3.63) is 75.9 Å². The highest BCUT2D eigenvalue weighted by atomic mass is 35.5. The van der Waals surface area contributed by atoms with Gasteiger partial charge in [0.2, 0.25) is 0 Å². The summed E-state index contributed by atoms with van der Waals surface area (Å²) < 4.78 is 12.4. The van der Waals surface area contributed by atoms with Crippen molar-refractivity contribution < 1.29 is 14.3 Å². The fourth-order valence-corrected chi connectivity index (χ4v) is 3.58. The number of aryl methyl sites for hydroxylation is 1. The number of amides is 1. The lowest BCUT2D eigenvalue weighted by molar-refractivity contribution is 0.102. The SMILES string of the molecule is COc1cc(OC)cc(C(=O)Nc2c(-c3ccc(Cl)c(Cl)c3)nc3c(C)cccn23)c1. The minimum Gasteiger partial charge on any atom is -0.497 e. The molecule has 0 spiro atoms. The summed E-state index contributed by atoms with van der Waals surface area (Å²) in [5.74, 6) is 1.22. The van der Waals surface area contributed by atoms with Gasteiger partial charge in [0.25, 0.3) is 5.91 Å². The van der Waals surface area contributed by atoms with E-state index >= 15 is 0 Å². The topological polar surface area (TPSA) is 64.9 Å². The number of methoxy groups -OCH3 is 2. The Morgan fingerprint density at radius 2 is 1.71 bits per heavy atom. The standard InChI is InChI=1S/C23H19Cl2N3O3/c1-13-5-4-8-28-21(13)26-20(14-6-7-18(24)19(25)11-14)22(28)27-23(29)15-9-16(30-2)12-17(10-15)31-3/h4-12H,1-3H3,(H,27,29). The van der Waals surface area contributed by atoms with Gasteiger partial charge in [0.15, 0.2) is 0 Å². The van der Waals surface area contributed by atoms with Crippen molar-refractivity contribution in [1.29, 1.82) is 0 Å². The van der Waals surface area contributed by atoms with E-state index in [4.69, 9.17) is 37.7 Å². The summed E-state index contributed by atoms with van der Waals surface area (Å²) in [4.78, 5) is 17.9. The lowest BCUT2D eigenvalue weighted by Gasteiger charge is -2.11. The van der Waals surface area contributed by atoms with E-state index in [1.54, 1.807) is 30.3 Å². The molecule has 2 aromatic carbocycles. The minimum absolute atomic E-state index is 0.332. The van der Waals surface area contributed by atoms with Gasteiger partial charge >= 0.3 is 0 Å². The van der Waals surface area contributed by atoms with Gasteiger partial charge in [-0.3, -0.25) is 9.20 Å². The summed E-state index contributed by atoms with van der Waals surface area (Å²) in [7, 11) is 3.07. The number of carbonyl (C=O) groups excluding carboxylic acids is 1. The van der Waals surface area contributed by atoms with E-state index < -0.39 is 0 Å². The minimum atomic E-state index is -0.332. The summed E-state index contributed by atoms with van der Waals surface area (Å²) in [6.45, 7) is 1.96. The number of hydrogen-bond acceptors (Lipinski definition) is 4. The number of nitrogens with zero attached hydrogens (tertiary/aromatic N) is 2. The molecule has 31 heavy (non-hydrogen) atoms. The van der Waals surface area contributed by atoms with Crippen molar-refractivity contribution in [2.45, 2.75) is 6.92 Å². The molecule has 0 radical (unpaired) electrons. The Bertz CT molecular complexity index is 1280. The molecule has 4 rings (SSSR count). The predicted molar refractivity (Wildman–Crippen MR) is 123 cm³/mol. The number of hydrogen-bond donors (Lipinski definition) is 1. The van der Waals surface area contributed by atoms with E-state index in [0.717, 1.165) is 16.8 Å². The molecule has 2 heterocycles. The maximum atomic E-state index is 13.2. The maximum absolute atomic E-state index is 13.2. The van der Waals surface area contributed by atoms with Gasteiger partial charge in [0.1, 0.15) is 28.7 Å². The number of fused-ring (bicyclic) bond motifs is 1.